The first-order valence-electron chi connectivity index (χ1n) is 9.42. The van der Waals surface area contributed by atoms with E-state index in [2.05, 4.69) is 0 Å². The fraction of sp³-hybridized carbons (Fsp3) is 0.650. The Kier molecular flexibility index (Phi) is 4.84. The van der Waals surface area contributed by atoms with Crippen molar-refractivity contribution in [3.63, 3.8) is 0 Å². The molecule has 0 spiro atoms. The number of ether oxygens (including phenoxy) is 1. The van der Waals surface area contributed by atoms with Crippen molar-refractivity contribution < 1.29 is 23.2 Å². The Bertz CT molecular complexity index is 722. The van der Waals surface area contributed by atoms with E-state index in [-0.39, 0.29) is 17.8 Å². The normalized spacial score (nSPS) is 21.9. The molecule has 27 heavy (non-hydrogen) atoms. The molecule has 2 aliphatic heterocycles. The van der Waals surface area contributed by atoms with Crippen LogP contribution >= 0.6 is 0 Å². The van der Waals surface area contributed by atoms with E-state index in [0.29, 0.717) is 18.7 Å². The van der Waals surface area contributed by atoms with Crippen LogP contribution < -0.4 is 5.46 Å². The monoisotopic (exact) mass is 377 g/mol. The maximum Gasteiger partial charge on any atom is 0.494 e. The lowest BCUT2D eigenvalue weighted by molar-refractivity contribution is 0.00578. The molecule has 2 aliphatic rings. The maximum atomic E-state index is 14.4. The summed E-state index contributed by atoms with van der Waals surface area (Å²) in [6.45, 7) is 14.3. The van der Waals surface area contributed by atoms with Crippen molar-refractivity contribution in [3.05, 3.63) is 29.6 Å². The van der Waals surface area contributed by atoms with Gasteiger partial charge in [-0.1, -0.05) is 12.1 Å². The first-order valence-corrected chi connectivity index (χ1v) is 9.42. The van der Waals surface area contributed by atoms with Crippen LogP contribution in [0.1, 0.15) is 59.9 Å². The summed E-state index contributed by atoms with van der Waals surface area (Å²) in [4.78, 5) is 13.7. The number of benzene rings is 1. The minimum absolute atomic E-state index is 0.0557. The second-order valence-corrected chi connectivity index (χ2v) is 9.45. The van der Waals surface area contributed by atoms with Gasteiger partial charge in [-0.2, -0.15) is 0 Å². The molecule has 0 N–H and O–H groups in total. The summed E-state index contributed by atoms with van der Waals surface area (Å²) in [6, 6.07) is 4.95. The van der Waals surface area contributed by atoms with E-state index in [0.717, 1.165) is 5.46 Å². The Morgan fingerprint density at radius 1 is 1.19 bits per heavy atom. The van der Waals surface area contributed by atoms with Gasteiger partial charge in [0, 0.05) is 19.0 Å². The van der Waals surface area contributed by atoms with Crippen molar-refractivity contribution in [2.45, 2.75) is 71.2 Å². The molecule has 1 aromatic rings. The van der Waals surface area contributed by atoms with Crippen LogP contribution in [0.15, 0.2) is 18.2 Å². The predicted octanol–water partition coefficient (Wildman–Crippen LogP) is 3.46. The zero-order chi connectivity index (χ0) is 20.2. The Balaban J connectivity index is 1.70. The molecule has 7 heteroatoms. The molecule has 0 saturated carbocycles. The first kappa shape index (κ1) is 20.1. The van der Waals surface area contributed by atoms with Crippen LogP contribution in [0.4, 0.5) is 9.18 Å². The van der Waals surface area contributed by atoms with Gasteiger partial charge in [0.15, 0.2) is 0 Å². The molecule has 2 heterocycles. The van der Waals surface area contributed by atoms with Crippen molar-refractivity contribution >= 4 is 18.7 Å². The van der Waals surface area contributed by atoms with Gasteiger partial charge in [-0.05, 0) is 65.6 Å². The second kappa shape index (κ2) is 6.48. The number of likely N-dealkylation sites (tertiary alicyclic amines) is 1. The summed E-state index contributed by atoms with van der Waals surface area (Å²) in [7, 11) is -0.531. The van der Waals surface area contributed by atoms with E-state index in [9.17, 15) is 9.18 Å². The van der Waals surface area contributed by atoms with Gasteiger partial charge < -0.3 is 18.9 Å². The van der Waals surface area contributed by atoms with Crippen molar-refractivity contribution in [1.82, 2.24) is 4.90 Å². The van der Waals surface area contributed by atoms with Crippen LogP contribution in [0.25, 0.3) is 0 Å². The topological polar surface area (TPSA) is 48.0 Å². The number of amides is 1. The largest absolute Gasteiger partial charge is 0.494 e. The maximum absolute atomic E-state index is 14.4. The van der Waals surface area contributed by atoms with Crippen LogP contribution in [-0.2, 0) is 14.0 Å². The summed E-state index contributed by atoms with van der Waals surface area (Å²) < 4.78 is 31.9. The standard InChI is InChI=1S/C20H29BFNO4/c1-18(2,3)25-17(24)23-11-13(12-23)15-10-14(8-9-16(15)22)21-26-19(4,5)20(6,7)27-21/h8-10,13H,11-12H2,1-7H3. The number of carbonyl (C=O) groups excluding carboxylic acids is 1. The van der Waals surface area contributed by atoms with Gasteiger partial charge in [-0.15, -0.1) is 0 Å². The lowest BCUT2D eigenvalue weighted by Crippen LogP contribution is -2.50. The van der Waals surface area contributed by atoms with Crippen molar-refractivity contribution in [2.75, 3.05) is 13.1 Å². The summed E-state index contributed by atoms with van der Waals surface area (Å²) in [5, 5.41) is 0. The molecule has 0 aromatic heterocycles. The molecule has 5 nitrogen and oxygen atoms in total. The molecular formula is C20H29BFNO4. The number of nitrogens with zero attached hydrogens (tertiary/aromatic N) is 1. The van der Waals surface area contributed by atoms with Gasteiger partial charge >= 0.3 is 13.2 Å². The molecule has 0 radical (unpaired) electrons. The smallest absolute Gasteiger partial charge is 0.444 e. The van der Waals surface area contributed by atoms with Crippen LogP contribution in [0.3, 0.4) is 0 Å². The molecular weight excluding hydrogens is 348 g/mol. The number of hydrogen-bond acceptors (Lipinski definition) is 4. The molecule has 0 unspecified atom stereocenters. The lowest BCUT2D eigenvalue weighted by Gasteiger charge is -2.40. The van der Waals surface area contributed by atoms with Crippen molar-refractivity contribution in [1.29, 1.82) is 0 Å². The first-order chi connectivity index (χ1) is 12.3. The van der Waals surface area contributed by atoms with E-state index < -0.39 is 23.9 Å². The highest BCUT2D eigenvalue weighted by Crippen LogP contribution is 2.37. The number of carbonyl (C=O) groups is 1. The van der Waals surface area contributed by atoms with Crippen LogP contribution in [0, 0.1) is 5.82 Å². The fourth-order valence-corrected chi connectivity index (χ4v) is 3.15. The molecule has 1 amide bonds. The average Bonchev–Trinajstić information content (AvgIpc) is 2.65. The van der Waals surface area contributed by atoms with Crippen LogP contribution in [0.5, 0.6) is 0 Å². The zero-order valence-electron chi connectivity index (χ0n) is 17.3. The minimum Gasteiger partial charge on any atom is -0.444 e. The molecule has 148 valence electrons. The highest BCUT2D eigenvalue weighted by Gasteiger charge is 2.52. The van der Waals surface area contributed by atoms with E-state index in [1.54, 1.807) is 17.0 Å². The molecule has 1 aromatic carbocycles. The number of hydrogen-bond donors (Lipinski definition) is 0. The highest BCUT2D eigenvalue weighted by atomic mass is 19.1. The van der Waals surface area contributed by atoms with Crippen LogP contribution in [-0.4, -0.2) is 48.0 Å². The Morgan fingerprint density at radius 2 is 1.74 bits per heavy atom. The fourth-order valence-electron chi connectivity index (χ4n) is 3.15. The third-order valence-corrected chi connectivity index (χ3v) is 5.52. The van der Waals surface area contributed by atoms with Crippen molar-refractivity contribution in [3.8, 4) is 0 Å². The number of rotatable bonds is 2. The van der Waals surface area contributed by atoms with E-state index >= 15 is 0 Å². The Labute approximate surface area is 161 Å². The molecule has 0 aliphatic carbocycles. The Hall–Kier alpha value is -1.60. The van der Waals surface area contributed by atoms with Gasteiger partial charge in [-0.3, -0.25) is 0 Å². The van der Waals surface area contributed by atoms with Gasteiger partial charge in [0.2, 0.25) is 0 Å². The zero-order valence-corrected chi connectivity index (χ0v) is 17.3. The van der Waals surface area contributed by atoms with Crippen LogP contribution in [0.2, 0.25) is 0 Å². The quantitative estimate of drug-likeness (QED) is 0.741. The SMILES string of the molecule is CC(C)(C)OC(=O)N1CC(c2cc(B3OC(C)(C)C(C)(C)O3)ccc2F)C1. The third-order valence-electron chi connectivity index (χ3n) is 5.52. The summed E-state index contributed by atoms with van der Waals surface area (Å²) >= 11 is 0. The van der Waals surface area contributed by atoms with Gasteiger partial charge in [0.1, 0.15) is 11.4 Å². The second-order valence-electron chi connectivity index (χ2n) is 9.45. The molecule has 0 bridgehead atoms. The summed E-state index contributed by atoms with van der Waals surface area (Å²) in [5.74, 6) is -0.330. The van der Waals surface area contributed by atoms with E-state index in [1.165, 1.54) is 6.07 Å². The summed E-state index contributed by atoms with van der Waals surface area (Å²) in [5.41, 5.74) is -0.0565. The molecule has 3 rings (SSSR count). The number of halogens is 1. The predicted molar refractivity (Wildman–Crippen MR) is 103 cm³/mol. The third kappa shape index (κ3) is 3.99. The average molecular weight is 377 g/mol. The summed E-state index contributed by atoms with van der Waals surface area (Å²) in [6.07, 6.45) is -0.360. The lowest BCUT2D eigenvalue weighted by atomic mass is 9.76. The van der Waals surface area contributed by atoms with Gasteiger partial charge in [0.05, 0.1) is 11.2 Å². The highest BCUT2D eigenvalue weighted by molar-refractivity contribution is 6.62. The molecule has 2 saturated heterocycles. The van der Waals surface area contributed by atoms with Crippen molar-refractivity contribution in [2.24, 2.45) is 0 Å². The minimum atomic E-state index is -0.538. The van der Waals surface area contributed by atoms with E-state index in [4.69, 9.17) is 14.0 Å². The van der Waals surface area contributed by atoms with Gasteiger partial charge in [-0.25, -0.2) is 9.18 Å². The van der Waals surface area contributed by atoms with Gasteiger partial charge in [0.25, 0.3) is 0 Å². The Morgan fingerprint density at radius 3 is 2.26 bits per heavy atom. The molecule has 2 fully saturated rings. The van der Waals surface area contributed by atoms with E-state index in [1.807, 2.05) is 48.5 Å². The molecule has 0 atom stereocenters.